The largest absolute Gasteiger partial charge is 0.377 e. The summed E-state index contributed by atoms with van der Waals surface area (Å²) in [6, 6.07) is 0.0855. The van der Waals surface area contributed by atoms with E-state index in [-0.39, 0.29) is 11.9 Å². The van der Waals surface area contributed by atoms with Gasteiger partial charge in [0.05, 0.1) is 6.10 Å². The number of nitrogens with one attached hydrogen (secondary N) is 1. The van der Waals surface area contributed by atoms with Gasteiger partial charge in [-0.15, -0.1) is 0 Å². The van der Waals surface area contributed by atoms with E-state index in [9.17, 15) is 4.79 Å². The highest BCUT2D eigenvalue weighted by atomic mass is 16.5. The Morgan fingerprint density at radius 3 is 2.78 bits per heavy atom. The first-order valence-corrected chi connectivity index (χ1v) is 7.12. The molecule has 2 heterocycles. The number of nitrogens with two attached hydrogens (primary N) is 1. The van der Waals surface area contributed by atoms with Crippen LogP contribution in [-0.2, 0) is 9.53 Å². The Labute approximate surface area is 109 Å². The summed E-state index contributed by atoms with van der Waals surface area (Å²) in [5, 5.41) is 3.37. The van der Waals surface area contributed by atoms with Crippen LogP contribution in [0.4, 0.5) is 0 Å². The fraction of sp³-hybridized carbons (Fsp3) is 0.923. The molecule has 18 heavy (non-hydrogen) atoms. The molecule has 2 unspecified atom stereocenters. The minimum atomic E-state index is 0.0855. The quantitative estimate of drug-likeness (QED) is 0.706. The molecule has 2 aliphatic rings. The van der Waals surface area contributed by atoms with E-state index in [0.29, 0.717) is 19.1 Å². The second-order valence-electron chi connectivity index (χ2n) is 5.27. The zero-order valence-electron chi connectivity index (χ0n) is 11.1. The van der Waals surface area contributed by atoms with Gasteiger partial charge in [-0.3, -0.25) is 4.79 Å². The number of carbonyl (C=O) groups is 1. The van der Waals surface area contributed by atoms with Crippen molar-refractivity contribution >= 4 is 5.91 Å². The summed E-state index contributed by atoms with van der Waals surface area (Å²) in [6.07, 6.45) is 5.37. The predicted molar refractivity (Wildman–Crippen MR) is 70.3 cm³/mol. The molecule has 0 saturated carbocycles. The van der Waals surface area contributed by atoms with Crippen LogP contribution in [0.3, 0.4) is 0 Å². The van der Waals surface area contributed by atoms with Crippen molar-refractivity contribution in [2.24, 2.45) is 5.73 Å². The molecular weight excluding hydrogens is 230 g/mol. The van der Waals surface area contributed by atoms with Gasteiger partial charge in [0.1, 0.15) is 0 Å². The molecule has 2 atom stereocenters. The summed E-state index contributed by atoms with van der Waals surface area (Å²) in [4.78, 5) is 14.0. The number of carbonyl (C=O) groups excluding carboxylic acids is 1. The van der Waals surface area contributed by atoms with Crippen molar-refractivity contribution in [1.29, 1.82) is 0 Å². The lowest BCUT2D eigenvalue weighted by Crippen LogP contribution is -2.44. The Balaban J connectivity index is 1.68. The summed E-state index contributed by atoms with van der Waals surface area (Å²) in [6.45, 7) is 4.03. The summed E-state index contributed by atoms with van der Waals surface area (Å²) in [7, 11) is 0. The molecule has 2 saturated heterocycles. The summed E-state index contributed by atoms with van der Waals surface area (Å²) in [5.41, 5.74) is 5.73. The van der Waals surface area contributed by atoms with Gasteiger partial charge in [0.15, 0.2) is 0 Å². The lowest BCUT2D eigenvalue weighted by atomic mass is 10.1. The first-order valence-electron chi connectivity index (χ1n) is 7.12. The average molecular weight is 255 g/mol. The van der Waals surface area contributed by atoms with Crippen molar-refractivity contribution in [3.8, 4) is 0 Å². The summed E-state index contributed by atoms with van der Waals surface area (Å²) < 4.78 is 5.55. The highest BCUT2D eigenvalue weighted by molar-refractivity contribution is 5.77. The minimum Gasteiger partial charge on any atom is -0.377 e. The van der Waals surface area contributed by atoms with Gasteiger partial charge in [-0.05, 0) is 25.7 Å². The van der Waals surface area contributed by atoms with Crippen molar-refractivity contribution in [3.63, 3.8) is 0 Å². The third-order valence-electron chi connectivity index (χ3n) is 3.82. The standard InChI is InChI=1S/C13H25N3O2/c14-9-11(15-10-12-4-3-7-18-12)8-13(17)16-5-1-2-6-16/h11-12,15H,1-10,14H2. The smallest absolute Gasteiger partial charge is 0.224 e. The van der Waals surface area contributed by atoms with Gasteiger partial charge in [0, 0.05) is 45.2 Å². The number of rotatable bonds is 6. The monoisotopic (exact) mass is 255 g/mol. The number of ether oxygens (including phenoxy) is 1. The maximum absolute atomic E-state index is 12.0. The van der Waals surface area contributed by atoms with Crippen LogP contribution < -0.4 is 11.1 Å². The number of nitrogens with zero attached hydrogens (tertiary/aromatic N) is 1. The molecule has 0 bridgehead atoms. The Morgan fingerprint density at radius 1 is 1.39 bits per heavy atom. The Morgan fingerprint density at radius 2 is 2.17 bits per heavy atom. The lowest BCUT2D eigenvalue weighted by molar-refractivity contribution is -0.130. The molecular formula is C13H25N3O2. The third-order valence-corrected chi connectivity index (χ3v) is 3.82. The highest BCUT2D eigenvalue weighted by Crippen LogP contribution is 2.12. The molecule has 0 radical (unpaired) electrons. The molecule has 5 heteroatoms. The molecule has 2 aliphatic heterocycles. The van der Waals surface area contributed by atoms with Gasteiger partial charge >= 0.3 is 0 Å². The molecule has 5 nitrogen and oxygen atoms in total. The highest BCUT2D eigenvalue weighted by Gasteiger charge is 2.22. The van der Waals surface area contributed by atoms with E-state index in [1.165, 1.54) is 0 Å². The van der Waals surface area contributed by atoms with Crippen LogP contribution in [0, 0.1) is 0 Å². The van der Waals surface area contributed by atoms with Crippen molar-refractivity contribution in [1.82, 2.24) is 10.2 Å². The Bertz CT molecular complexity index is 261. The molecule has 0 spiro atoms. The van der Waals surface area contributed by atoms with Crippen LogP contribution >= 0.6 is 0 Å². The first-order chi connectivity index (χ1) is 8.79. The fourth-order valence-electron chi connectivity index (χ4n) is 2.65. The predicted octanol–water partition coefficient (Wildman–Crippen LogP) is 0.0948. The van der Waals surface area contributed by atoms with Crippen LogP contribution in [0.25, 0.3) is 0 Å². The molecule has 3 N–H and O–H groups in total. The van der Waals surface area contributed by atoms with Crippen molar-refractivity contribution in [3.05, 3.63) is 0 Å². The van der Waals surface area contributed by atoms with E-state index in [1.54, 1.807) is 0 Å². The van der Waals surface area contributed by atoms with Crippen LogP contribution in [0.5, 0.6) is 0 Å². The molecule has 0 aromatic rings. The number of hydrogen-bond donors (Lipinski definition) is 2. The zero-order valence-corrected chi connectivity index (χ0v) is 11.1. The topological polar surface area (TPSA) is 67.6 Å². The van der Waals surface area contributed by atoms with Crippen molar-refractivity contribution in [2.75, 3.05) is 32.8 Å². The van der Waals surface area contributed by atoms with Gasteiger partial charge in [0.25, 0.3) is 0 Å². The van der Waals surface area contributed by atoms with E-state index >= 15 is 0 Å². The second-order valence-corrected chi connectivity index (χ2v) is 5.27. The van der Waals surface area contributed by atoms with E-state index in [4.69, 9.17) is 10.5 Å². The molecule has 2 fully saturated rings. The van der Waals surface area contributed by atoms with Crippen LogP contribution in [-0.4, -0.2) is 55.7 Å². The lowest BCUT2D eigenvalue weighted by Gasteiger charge is -2.22. The van der Waals surface area contributed by atoms with E-state index in [1.807, 2.05) is 4.90 Å². The van der Waals surface area contributed by atoms with Gasteiger partial charge in [-0.2, -0.15) is 0 Å². The molecule has 0 aromatic carbocycles. The minimum absolute atomic E-state index is 0.0855. The second kappa shape index (κ2) is 7.07. The molecule has 2 rings (SSSR count). The first kappa shape index (κ1) is 13.8. The average Bonchev–Trinajstić information content (AvgIpc) is 3.05. The van der Waals surface area contributed by atoms with E-state index < -0.39 is 0 Å². The normalized spacial score (nSPS) is 25.6. The number of hydrogen-bond acceptors (Lipinski definition) is 4. The zero-order chi connectivity index (χ0) is 12.8. The SMILES string of the molecule is NCC(CC(=O)N1CCCC1)NCC1CCCO1. The summed E-state index contributed by atoms with van der Waals surface area (Å²) >= 11 is 0. The Hall–Kier alpha value is -0.650. The molecule has 1 amide bonds. The number of likely N-dealkylation sites (tertiary alicyclic amines) is 1. The van der Waals surface area contributed by atoms with Crippen molar-refractivity contribution < 1.29 is 9.53 Å². The van der Waals surface area contributed by atoms with Crippen LogP contribution in [0.1, 0.15) is 32.1 Å². The van der Waals surface area contributed by atoms with Crippen molar-refractivity contribution in [2.45, 2.75) is 44.2 Å². The maximum Gasteiger partial charge on any atom is 0.224 e. The van der Waals surface area contributed by atoms with Gasteiger partial charge in [-0.1, -0.05) is 0 Å². The van der Waals surface area contributed by atoms with Crippen LogP contribution in [0.2, 0.25) is 0 Å². The molecule has 0 aliphatic carbocycles. The fourth-order valence-corrected chi connectivity index (χ4v) is 2.65. The van der Waals surface area contributed by atoms with Gasteiger partial charge in [-0.25, -0.2) is 0 Å². The third kappa shape index (κ3) is 3.93. The van der Waals surface area contributed by atoms with Gasteiger partial charge < -0.3 is 20.7 Å². The van der Waals surface area contributed by atoms with E-state index in [0.717, 1.165) is 51.9 Å². The van der Waals surface area contributed by atoms with Gasteiger partial charge in [0.2, 0.25) is 5.91 Å². The van der Waals surface area contributed by atoms with Crippen LogP contribution in [0.15, 0.2) is 0 Å². The molecule has 104 valence electrons. The molecule has 0 aromatic heterocycles. The Kier molecular flexibility index (Phi) is 5.41. The summed E-state index contributed by atoms with van der Waals surface area (Å²) in [5.74, 6) is 0.239. The maximum atomic E-state index is 12.0. The number of amides is 1. The van der Waals surface area contributed by atoms with E-state index in [2.05, 4.69) is 5.32 Å².